The lowest BCUT2D eigenvalue weighted by molar-refractivity contribution is 0.311. The van der Waals surface area contributed by atoms with Crippen molar-refractivity contribution in [2.45, 2.75) is 93.0 Å². The summed E-state index contributed by atoms with van der Waals surface area (Å²) in [6, 6.07) is 0. The van der Waals surface area contributed by atoms with E-state index >= 15 is 0 Å². The van der Waals surface area contributed by atoms with Crippen LogP contribution in [-0.4, -0.2) is 39.3 Å². The van der Waals surface area contributed by atoms with E-state index in [1.165, 1.54) is 0 Å². The Bertz CT molecular complexity index is 116. The van der Waals surface area contributed by atoms with Gasteiger partial charge in [-0.15, -0.1) is 0 Å². The largest absolute Gasteiger partial charge is 0.453 e. The normalized spacial score (nSPS) is 7.50. The van der Waals surface area contributed by atoms with Gasteiger partial charge in [-0.2, -0.15) is 0 Å². The van der Waals surface area contributed by atoms with Gasteiger partial charge in [-0.05, 0) is 26.2 Å². The number of aliphatic hydroxyl groups excluding tert-OH is 2. The molecular formula is C15H54O3Si2. The molecule has 3 nitrogen and oxygen atoms in total. The maximum atomic E-state index is 8.93. The molecule has 0 unspecified atom stereocenters. The smallest absolute Gasteiger partial charge is 0.199 e. The van der Waals surface area contributed by atoms with Gasteiger partial charge in [0.25, 0.3) is 0 Å². The summed E-state index contributed by atoms with van der Waals surface area (Å²) in [5.41, 5.74) is 0. The van der Waals surface area contributed by atoms with Crippen molar-refractivity contribution in [1.29, 1.82) is 0 Å². The van der Waals surface area contributed by atoms with Crippen LogP contribution in [-0.2, 0) is 4.12 Å². The highest BCUT2D eigenvalue weighted by atomic mass is 28.4. The number of rotatable bonds is 4. The van der Waals surface area contributed by atoms with Gasteiger partial charge in [-0.1, -0.05) is 66.8 Å². The van der Waals surface area contributed by atoms with Gasteiger partial charge in [0.1, 0.15) is 0 Å². The van der Waals surface area contributed by atoms with Crippen LogP contribution in [0.1, 0.15) is 66.8 Å². The summed E-state index contributed by atoms with van der Waals surface area (Å²) in [4.78, 5) is 0. The molecule has 0 fully saturated rings. The van der Waals surface area contributed by atoms with Crippen LogP contribution in [0.3, 0.4) is 0 Å². The molecule has 0 spiro atoms. The summed E-state index contributed by atoms with van der Waals surface area (Å²) in [5, 5.41) is 17.9. The van der Waals surface area contributed by atoms with E-state index in [1.54, 1.807) is 0 Å². The summed E-state index contributed by atoms with van der Waals surface area (Å²) in [6.07, 6.45) is 0.257. The number of hydrogen-bond donors (Lipinski definition) is 2. The molecule has 0 saturated carbocycles. The van der Waals surface area contributed by atoms with Crippen LogP contribution >= 0.6 is 0 Å². The fourth-order valence-corrected chi connectivity index (χ4v) is 7.31. The lowest BCUT2D eigenvalue weighted by atomic mass is 11.7. The molecular weight excluding hydrogens is 284 g/mol. The molecule has 0 saturated heterocycles. The first-order valence-electron chi connectivity index (χ1n) is 3.75. The van der Waals surface area contributed by atoms with E-state index in [2.05, 4.69) is 0 Å². The molecule has 0 rings (SSSR count). The monoisotopic (exact) mass is 338 g/mol. The summed E-state index contributed by atoms with van der Waals surface area (Å²) in [7, 11) is -3.75. The average Bonchev–Trinajstić information content (AvgIpc) is 1.86. The highest BCUT2D eigenvalue weighted by Gasteiger charge is 2.31. The van der Waals surface area contributed by atoms with Crippen LogP contribution in [0.15, 0.2) is 0 Å². The van der Waals surface area contributed by atoms with Crippen LogP contribution in [0.25, 0.3) is 0 Å². The molecule has 0 aromatic heterocycles. The third-order valence-corrected chi connectivity index (χ3v) is 7.26. The van der Waals surface area contributed by atoms with Crippen LogP contribution in [0.5, 0.6) is 0 Å². The Hall–Kier alpha value is 0.314. The number of hydrogen-bond acceptors (Lipinski definition) is 3. The third kappa shape index (κ3) is 36.2. The molecule has 20 heavy (non-hydrogen) atoms. The van der Waals surface area contributed by atoms with Crippen molar-refractivity contribution < 1.29 is 14.3 Å². The Labute approximate surface area is 137 Å². The highest BCUT2D eigenvalue weighted by molar-refractivity contribution is 6.84. The Morgan fingerprint density at radius 2 is 0.700 bits per heavy atom. The predicted molar refractivity (Wildman–Crippen MR) is 111 cm³/mol. The molecule has 0 aromatic carbocycles. The van der Waals surface area contributed by atoms with E-state index in [-0.39, 0.29) is 79.3 Å². The van der Waals surface area contributed by atoms with Crippen molar-refractivity contribution in [2.24, 2.45) is 0 Å². The minimum absolute atomic E-state index is 0. The SMILES string of the molecule is C.C.C.C.C.C.C.C.C.C[Si](C)(CO)O[Si](C)(C)CO. The summed E-state index contributed by atoms with van der Waals surface area (Å²) < 4.78 is 5.70. The van der Waals surface area contributed by atoms with Crippen LogP contribution < -0.4 is 0 Å². The second-order valence-corrected chi connectivity index (χ2v) is 12.4. The molecule has 2 N–H and O–H groups in total. The van der Waals surface area contributed by atoms with Gasteiger partial charge in [0.15, 0.2) is 16.6 Å². The van der Waals surface area contributed by atoms with E-state index < -0.39 is 16.6 Å². The molecule has 0 aliphatic heterocycles. The van der Waals surface area contributed by atoms with Crippen LogP contribution in [0.4, 0.5) is 0 Å². The van der Waals surface area contributed by atoms with Crippen LogP contribution in [0.2, 0.25) is 26.2 Å². The van der Waals surface area contributed by atoms with E-state index in [0.29, 0.717) is 0 Å². The van der Waals surface area contributed by atoms with Crippen molar-refractivity contribution in [3.8, 4) is 0 Å². The lowest BCUT2D eigenvalue weighted by Gasteiger charge is -2.30. The molecule has 0 radical (unpaired) electrons. The van der Waals surface area contributed by atoms with Gasteiger partial charge in [0, 0.05) is 0 Å². The van der Waals surface area contributed by atoms with Crippen LogP contribution in [0, 0.1) is 0 Å². The van der Waals surface area contributed by atoms with E-state index in [9.17, 15) is 0 Å². The molecule has 0 aliphatic carbocycles. The van der Waals surface area contributed by atoms with Gasteiger partial charge in [-0.3, -0.25) is 0 Å². The molecule has 0 aromatic rings. The van der Waals surface area contributed by atoms with Gasteiger partial charge in [-0.25, -0.2) is 0 Å². The fourth-order valence-electron chi connectivity index (χ4n) is 0.813. The quantitative estimate of drug-likeness (QED) is 0.600. The Kier molecular flexibility index (Phi) is 98.4. The minimum Gasteiger partial charge on any atom is -0.453 e. The molecule has 0 heterocycles. The first-order valence-corrected chi connectivity index (χ1v) is 9.98. The van der Waals surface area contributed by atoms with Crippen molar-refractivity contribution in [3.05, 3.63) is 0 Å². The van der Waals surface area contributed by atoms with Gasteiger partial charge in [0.2, 0.25) is 0 Å². The molecule has 0 amide bonds. The Morgan fingerprint density at radius 3 is 0.800 bits per heavy atom. The topological polar surface area (TPSA) is 49.7 Å². The number of aliphatic hydroxyl groups is 2. The summed E-state index contributed by atoms with van der Waals surface area (Å²) >= 11 is 0. The second kappa shape index (κ2) is 27.6. The van der Waals surface area contributed by atoms with E-state index in [0.717, 1.165) is 0 Å². The maximum Gasteiger partial charge on any atom is 0.199 e. The first-order chi connectivity index (χ1) is 4.83. The zero-order valence-electron chi connectivity index (χ0n) is 7.72. The molecule has 140 valence electrons. The molecule has 0 bridgehead atoms. The van der Waals surface area contributed by atoms with Gasteiger partial charge in [0.05, 0.1) is 12.5 Å². The van der Waals surface area contributed by atoms with Gasteiger partial charge >= 0.3 is 0 Å². The summed E-state index contributed by atoms with van der Waals surface area (Å²) in [5.74, 6) is 0. The second-order valence-electron chi connectivity index (χ2n) is 3.94. The Morgan fingerprint density at radius 1 is 0.550 bits per heavy atom. The predicted octanol–water partition coefficient (Wildman–Crippen LogP) is 6.20. The molecule has 0 atom stereocenters. The summed E-state index contributed by atoms with van der Waals surface area (Å²) in [6.45, 7) is 7.82. The van der Waals surface area contributed by atoms with E-state index in [1.807, 2.05) is 26.2 Å². The van der Waals surface area contributed by atoms with E-state index in [4.69, 9.17) is 14.3 Å². The maximum absolute atomic E-state index is 8.93. The lowest BCUT2D eigenvalue weighted by Crippen LogP contribution is -2.49. The Balaban J connectivity index is -0.0000000139. The molecule has 0 aliphatic rings. The zero-order valence-corrected chi connectivity index (χ0v) is 9.72. The zero-order chi connectivity index (χ0) is 9.12. The minimum atomic E-state index is -1.88. The van der Waals surface area contributed by atoms with Crippen molar-refractivity contribution in [2.75, 3.05) is 12.5 Å². The average molecular weight is 339 g/mol. The van der Waals surface area contributed by atoms with Crippen molar-refractivity contribution in [1.82, 2.24) is 0 Å². The molecule has 5 heteroatoms. The van der Waals surface area contributed by atoms with Crippen molar-refractivity contribution >= 4 is 16.6 Å². The highest BCUT2D eigenvalue weighted by Crippen LogP contribution is 2.12. The fraction of sp³-hybridized carbons (Fsp3) is 1.00. The third-order valence-electron chi connectivity index (χ3n) is 1.31. The standard InChI is InChI=1S/C6H18O3Si2.9CH4/c1-10(2,5-7)9-11(3,4)6-8;;;;;;;;;/h7-8H,5-6H2,1-4H3;9*1H4. The van der Waals surface area contributed by atoms with Gasteiger partial charge < -0.3 is 14.3 Å². The first kappa shape index (κ1) is 71.2. The van der Waals surface area contributed by atoms with Crippen molar-refractivity contribution in [3.63, 3.8) is 0 Å².